The van der Waals surface area contributed by atoms with Crippen molar-refractivity contribution < 1.29 is 5.11 Å². The fraction of sp³-hybridized carbons (Fsp3) is 1.00. The molecule has 0 heterocycles. The Morgan fingerprint density at radius 1 is 1.10 bits per heavy atom. The summed E-state index contributed by atoms with van der Waals surface area (Å²) >= 11 is 0. The van der Waals surface area contributed by atoms with Gasteiger partial charge in [-0.15, -0.1) is 12.4 Å². The molecule has 2 fully saturated rings. The maximum Gasteiger partial charge on any atom is 0.0666 e. The lowest BCUT2D eigenvalue weighted by Gasteiger charge is -2.20. The average molecular weight is 164 g/mol. The van der Waals surface area contributed by atoms with Gasteiger partial charge in [0.2, 0.25) is 0 Å². The first-order valence-corrected chi connectivity index (χ1v) is 3.63. The molecule has 0 atom stereocenters. The molecule has 3 heteroatoms. The van der Waals surface area contributed by atoms with Crippen LogP contribution in [0.5, 0.6) is 0 Å². The van der Waals surface area contributed by atoms with Crippen molar-refractivity contribution in [3.63, 3.8) is 0 Å². The lowest BCUT2D eigenvalue weighted by molar-refractivity contribution is 0.0521. The minimum Gasteiger partial charge on any atom is -0.390 e. The van der Waals surface area contributed by atoms with Gasteiger partial charge in [-0.2, -0.15) is 0 Å². The van der Waals surface area contributed by atoms with Crippen LogP contribution in [-0.2, 0) is 0 Å². The van der Waals surface area contributed by atoms with E-state index < -0.39 is 0 Å². The minimum absolute atomic E-state index is 0. The summed E-state index contributed by atoms with van der Waals surface area (Å²) in [5.74, 6) is 0. The molecule has 0 aromatic rings. The number of nitrogens with two attached hydrogens (primary N) is 1. The van der Waals surface area contributed by atoms with Crippen molar-refractivity contribution in [3.05, 3.63) is 0 Å². The summed E-state index contributed by atoms with van der Waals surface area (Å²) in [6.07, 6.45) is 4.78. The van der Waals surface area contributed by atoms with Crippen molar-refractivity contribution in [2.45, 2.75) is 43.2 Å². The molecule has 2 bridgehead atoms. The van der Waals surface area contributed by atoms with Gasteiger partial charge >= 0.3 is 0 Å². The monoisotopic (exact) mass is 163 g/mol. The molecule has 10 heavy (non-hydrogen) atoms. The minimum atomic E-state index is -0.352. The first kappa shape index (κ1) is 8.31. The second-order valence-electron chi connectivity index (χ2n) is 3.76. The van der Waals surface area contributed by atoms with E-state index in [4.69, 9.17) is 5.73 Å². The lowest BCUT2D eigenvalue weighted by Crippen LogP contribution is -2.33. The Balaban J connectivity index is 0.000000500. The molecule has 60 valence electrons. The summed E-state index contributed by atoms with van der Waals surface area (Å²) in [5.41, 5.74) is 5.60. The van der Waals surface area contributed by atoms with Crippen LogP contribution in [0.2, 0.25) is 0 Å². The Labute approximate surface area is 67.2 Å². The standard InChI is InChI=1S/C7H13NO.ClH/c8-6-1-3-7(9,5-6)4-2-6;/h9H,1-5,8H2;1H. The van der Waals surface area contributed by atoms with E-state index in [0.717, 1.165) is 32.1 Å². The van der Waals surface area contributed by atoms with E-state index >= 15 is 0 Å². The Morgan fingerprint density at radius 2 is 1.60 bits per heavy atom. The van der Waals surface area contributed by atoms with Crippen LogP contribution in [0.3, 0.4) is 0 Å². The Kier molecular flexibility index (Phi) is 1.74. The lowest BCUT2D eigenvalue weighted by atomic mass is 9.94. The number of aliphatic hydroxyl groups is 1. The molecule has 0 aromatic carbocycles. The van der Waals surface area contributed by atoms with Gasteiger partial charge in [-0.1, -0.05) is 0 Å². The zero-order valence-electron chi connectivity index (χ0n) is 5.97. The van der Waals surface area contributed by atoms with Gasteiger partial charge < -0.3 is 10.8 Å². The maximum atomic E-state index is 9.63. The summed E-state index contributed by atoms with van der Waals surface area (Å²) in [5, 5.41) is 9.63. The number of hydrogen-bond donors (Lipinski definition) is 2. The van der Waals surface area contributed by atoms with Gasteiger partial charge in [-0.25, -0.2) is 0 Å². The quantitative estimate of drug-likeness (QED) is 0.556. The zero-order valence-corrected chi connectivity index (χ0v) is 6.78. The van der Waals surface area contributed by atoms with Crippen molar-refractivity contribution in [1.29, 1.82) is 0 Å². The van der Waals surface area contributed by atoms with Crippen molar-refractivity contribution in [3.8, 4) is 0 Å². The third-order valence-corrected chi connectivity index (χ3v) is 2.86. The molecule has 0 radical (unpaired) electrons. The van der Waals surface area contributed by atoms with Gasteiger partial charge in [-0.05, 0) is 32.1 Å². The summed E-state index contributed by atoms with van der Waals surface area (Å²) in [6.45, 7) is 0. The van der Waals surface area contributed by atoms with E-state index in [2.05, 4.69) is 0 Å². The molecule has 0 unspecified atom stereocenters. The first-order valence-electron chi connectivity index (χ1n) is 3.63. The van der Waals surface area contributed by atoms with Crippen LogP contribution >= 0.6 is 12.4 Å². The second-order valence-corrected chi connectivity index (χ2v) is 3.76. The molecule has 0 saturated heterocycles. The van der Waals surface area contributed by atoms with Crippen molar-refractivity contribution in [2.24, 2.45) is 5.73 Å². The van der Waals surface area contributed by atoms with E-state index in [1.165, 1.54) is 0 Å². The van der Waals surface area contributed by atoms with Crippen LogP contribution in [0.1, 0.15) is 32.1 Å². The molecule has 2 aliphatic rings. The number of halogens is 1. The molecular formula is C7H14ClNO. The highest BCUT2D eigenvalue weighted by molar-refractivity contribution is 5.85. The van der Waals surface area contributed by atoms with Crippen molar-refractivity contribution in [2.75, 3.05) is 0 Å². The second kappa shape index (κ2) is 2.10. The molecule has 3 N–H and O–H groups in total. The van der Waals surface area contributed by atoms with Crippen LogP contribution in [-0.4, -0.2) is 16.2 Å². The third-order valence-electron chi connectivity index (χ3n) is 2.86. The normalized spacial score (nSPS) is 51.0. The SMILES string of the molecule is Cl.NC12CCC(O)(CC1)C2. The van der Waals surface area contributed by atoms with E-state index in [1.807, 2.05) is 0 Å². The highest BCUT2D eigenvalue weighted by atomic mass is 35.5. The van der Waals surface area contributed by atoms with Crippen LogP contribution in [0.15, 0.2) is 0 Å². The van der Waals surface area contributed by atoms with Gasteiger partial charge in [0.15, 0.2) is 0 Å². The maximum absolute atomic E-state index is 9.63. The van der Waals surface area contributed by atoms with Crippen molar-refractivity contribution >= 4 is 12.4 Å². The zero-order chi connectivity index (χ0) is 6.54. The molecule has 0 aromatic heterocycles. The predicted molar refractivity (Wildman–Crippen MR) is 42.2 cm³/mol. The molecule has 0 spiro atoms. The van der Waals surface area contributed by atoms with Crippen LogP contribution in [0.25, 0.3) is 0 Å². The fourth-order valence-corrected chi connectivity index (χ4v) is 2.22. The van der Waals surface area contributed by atoms with E-state index in [9.17, 15) is 5.11 Å². The number of rotatable bonds is 0. The smallest absolute Gasteiger partial charge is 0.0666 e. The summed E-state index contributed by atoms with van der Waals surface area (Å²) in [6, 6.07) is 0. The van der Waals surface area contributed by atoms with Crippen molar-refractivity contribution in [1.82, 2.24) is 0 Å². The van der Waals surface area contributed by atoms with Gasteiger partial charge in [0.05, 0.1) is 5.60 Å². The average Bonchev–Trinajstić information content (AvgIpc) is 2.19. The van der Waals surface area contributed by atoms with Gasteiger partial charge in [0.25, 0.3) is 0 Å². The number of hydrogen-bond acceptors (Lipinski definition) is 2. The van der Waals surface area contributed by atoms with Gasteiger partial charge in [0, 0.05) is 5.54 Å². The van der Waals surface area contributed by atoms with Crippen LogP contribution < -0.4 is 5.73 Å². The predicted octanol–water partition coefficient (Wildman–Crippen LogP) is 0.815. The third kappa shape index (κ3) is 1.04. The summed E-state index contributed by atoms with van der Waals surface area (Å²) in [7, 11) is 0. The molecule has 2 nitrogen and oxygen atoms in total. The molecule has 2 saturated carbocycles. The summed E-state index contributed by atoms with van der Waals surface area (Å²) in [4.78, 5) is 0. The van der Waals surface area contributed by atoms with E-state index in [-0.39, 0.29) is 23.5 Å². The van der Waals surface area contributed by atoms with Gasteiger partial charge in [0.1, 0.15) is 0 Å². The largest absolute Gasteiger partial charge is 0.390 e. The highest BCUT2D eigenvalue weighted by Crippen LogP contribution is 2.48. The Morgan fingerprint density at radius 3 is 1.70 bits per heavy atom. The summed E-state index contributed by atoms with van der Waals surface area (Å²) < 4.78 is 0. The Bertz CT molecular complexity index is 125. The van der Waals surface area contributed by atoms with Gasteiger partial charge in [-0.3, -0.25) is 0 Å². The van der Waals surface area contributed by atoms with E-state index in [0.29, 0.717) is 0 Å². The first-order chi connectivity index (χ1) is 4.12. The topological polar surface area (TPSA) is 46.2 Å². The number of fused-ring (bicyclic) bond motifs is 2. The molecule has 2 rings (SSSR count). The molecule has 0 aliphatic heterocycles. The highest BCUT2D eigenvalue weighted by Gasteiger charge is 2.50. The Hall–Kier alpha value is 0.210. The van der Waals surface area contributed by atoms with Crippen LogP contribution in [0.4, 0.5) is 0 Å². The van der Waals surface area contributed by atoms with E-state index in [1.54, 1.807) is 0 Å². The molecular weight excluding hydrogens is 150 g/mol. The molecule has 2 aliphatic carbocycles. The van der Waals surface area contributed by atoms with Crippen LogP contribution in [0, 0.1) is 0 Å². The molecule has 0 amide bonds. The fourth-order valence-electron chi connectivity index (χ4n) is 2.22.